The van der Waals surface area contributed by atoms with Gasteiger partial charge in [-0.2, -0.15) is 0 Å². The Balaban J connectivity index is 1.52. The van der Waals surface area contributed by atoms with Gasteiger partial charge in [0, 0.05) is 22.7 Å². The number of hydrogen-bond acceptors (Lipinski definition) is 5. The van der Waals surface area contributed by atoms with Crippen LogP contribution >= 0.6 is 0 Å². The van der Waals surface area contributed by atoms with Crippen LogP contribution in [0.1, 0.15) is 76.4 Å². The molecule has 0 saturated carbocycles. The van der Waals surface area contributed by atoms with E-state index in [4.69, 9.17) is 19.4 Å². The molecular formula is C43H41N3O2. The number of nitrogens with zero attached hydrogens (tertiary/aromatic N) is 3. The van der Waals surface area contributed by atoms with Gasteiger partial charge in [0.1, 0.15) is 22.5 Å². The maximum absolute atomic E-state index is 11.9. The summed E-state index contributed by atoms with van der Waals surface area (Å²) in [6, 6.07) is 37.1. The Morgan fingerprint density at radius 2 is 1.33 bits per heavy atom. The van der Waals surface area contributed by atoms with Gasteiger partial charge in [-0.3, -0.25) is 4.98 Å². The molecule has 7 aromatic rings. The van der Waals surface area contributed by atoms with E-state index in [9.17, 15) is 5.11 Å². The number of benzene rings is 4. The highest BCUT2D eigenvalue weighted by Crippen LogP contribution is 2.44. The number of rotatable bonds is 5. The second-order valence-electron chi connectivity index (χ2n) is 14.9. The van der Waals surface area contributed by atoms with Crippen molar-refractivity contribution >= 4 is 22.1 Å². The molecule has 5 nitrogen and oxygen atoms in total. The third-order valence-electron chi connectivity index (χ3n) is 9.49. The Bertz CT molecular complexity index is 2230. The van der Waals surface area contributed by atoms with E-state index < -0.39 is 5.41 Å². The zero-order valence-corrected chi connectivity index (χ0v) is 28.7. The summed E-state index contributed by atoms with van der Waals surface area (Å²) < 4.78 is 6.51. The van der Waals surface area contributed by atoms with E-state index in [1.54, 1.807) is 0 Å². The maximum atomic E-state index is 11.9. The Morgan fingerprint density at radius 3 is 2.04 bits per heavy atom. The summed E-state index contributed by atoms with van der Waals surface area (Å²) in [5, 5.41) is 12.8. The fraction of sp³-hybridized carbons (Fsp3) is 0.233. The molecule has 240 valence electrons. The molecule has 1 unspecified atom stereocenters. The van der Waals surface area contributed by atoms with E-state index in [-0.39, 0.29) is 16.6 Å². The molecule has 0 fully saturated rings. The number of fused-ring (bicyclic) bond motifs is 3. The molecule has 1 N–H and O–H groups in total. The Labute approximate surface area is 282 Å². The highest BCUT2D eigenvalue weighted by molar-refractivity contribution is 6.07. The minimum atomic E-state index is -0.539. The van der Waals surface area contributed by atoms with Gasteiger partial charge in [-0.1, -0.05) is 114 Å². The van der Waals surface area contributed by atoms with Gasteiger partial charge in [0.25, 0.3) is 0 Å². The summed E-state index contributed by atoms with van der Waals surface area (Å²) in [6.07, 6.45) is 1.85. The molecule has 0 bridgehead atoms. The molecule has 0 aliphatic heterocycles. The Hall–Kier alpha value is -5.29. The van der Waals surface area contributed by atoms with Crippen LogP contribution in [-0.4, -0.2) is 20.1 Å². The van der Waals surface area contributed by atoms with E-state index in [2.05, 4.69) is 109 Å². The summed E-state index contributed by atoms with van der Waals surface area (Å²) in [5.74, 6) is 0.660. The van der Waals surface area contributed by atoms with Crippen molar-refractivity contribution in [3.8, 4) is 28.4 Å². The van der Waals surface area contributed by atoms with Gasteiger partial charge in [0.2, 0.25) is 0 Å². The van der Waals surface area contributed by atoms with Crippen LogP contribution in [0.3, 0.4) is 0 Å². The number of aromatic hydroxyl groups is 1. The number of aromatic nitrogens is 3. The van der Waals surface area contributed by atoms with E-state index in [0.717, 1.165) is 44.5 Å². The minimum Gasteiger partial charge on any atom is -0.507 e. The molecule has 0 saturated heterocycles. The molecule has 5 heteroatoms. The zero-order valence-electron chi connectivity index (χ0n) is 28.7. The van der Waals surface area contributed by atoms with Gasteiger partial charge in [-0.05, 0) is 70.8 Å². The third kappa shape index (κ3) is 5.33. The molecule has 0 aliphatic carbocycles. The molecule has 4 aromatic carbocycles. The van der Waals surface area contributed by atoms with Gasteiger partial charge < -0.3 is 9.52 Å². The first kappa shape index (κ1) is 31.3. The van der Waals surface area contributed by atoms with Crippen LogP contribution in [0, 0.1) is 0 Å². The highest BCUT2D eigenvalue weighted by Gasteiger charge is 2.33. The number of para-hydroxylation sites is 1. The molecule has 0 spiro atoms. The fourth-order valence-electron chi connectivity index (χ4n) is 6.59. The second kappa shape index (κ2) is 11.4. The lowest BCUT2D eigenvalue weighted by Gasteiger charge is -2.31. The van der Waals surface area contributed by atoms with Gasteiger partial charge in [-0.25, -0.2) is 9.97 Å². The van der Waals surface area contributed by atoms with Gasteiger partial charge in [-0.15, -0.1) is 0 Å². The molecule has 0 radical (unpaired) electrons. The first-order valence-electron chi connectivity index (χ1n) is 16.5. The monoisotopic (exact) mass is 631 g/mol. The van der Waals surface area contributed by atoms with E-state index in [0.29, 0.717) is 28.2 Å². The van der Waals surface area contributed by atoms with Crippen molar-refractivity contribution in [1.82, 2.24) is 15.0 Å². The largest absolute Gasteiger partial charge is 0.507 e. The van der Waals surface area contributed by atoms with Crippen molar-refractivity contribution in [1.29, 1.82) is 0 Å². The lowest BCUT2D eigenvalue weighted by atomic mass is 9.73. The van der Waals surface area contributed by atoms with Crippen molar-refractivity contribution in [3.05, 3.63) is 143 Å². The minimum absolute atomic E-state index is 0.153. The summed E-state index contributed by atoms with van der Waals surface area (Å²) in [5.41, 5.74) is 8.37. The number of phenolic OH excluding ortho intramolecular Hbond substituents is 1. The Kier molecular flexibility index (Phi) is 7.47. The average molecular weight is 632 g/mol. The summed E-state index contributed by atoms with van der Waals surface area (Å²) >= 11 is 0. The average Bonchev–Trinajstić information content (AvgIpc) is 3.46. The maximum Gasteiger partial charge on any atom is 0.180 e. The first-order valence-corrected chi connectivity index (χ1v) is 16.5. The highest BCUT2D eigenvalue weighted by atomic mass is 16.3. The SMILES string of the molecule is CC(C)(C)c1cc(-c2nc(-c3cccc(C(C)(c4ccccc4)c4ccccn4)c3)c3oc4ccccc4c3n2)c(O)c(C(C)(C)C)c1. The normalized spacial score (nSPS) is 13.6. The molecule has 48 heavy (non-hydrogen) atoms. The summed E-state index contributed by atoms with van der Waals surface area (Å²) in [7, 11) is 0. The van der Waals surface area contributed by atoms with Crippen LogP contribution in [0.2, 0.25) is 0 Å². The number of phenols is 1. The second-order valence-corrected chi connectivity index (χ2v) is 14.9. The van der Waals surface area contributed by atoms with Crippen molar-refractivity contribution in [2.24, 2.45) is 0 Å². The van der Waals surface area contributed by atoms with E-state index >= 15 is 0 Å². The first-order chi connectivity index (χ1) is 22.9. The van der Waals surface area contributed by atoms with E-state index in [1.807, 2.05) is 54.7 Å². The molecule has 0 amide bonds. The summed E-state index contributed by atoms with van der Waals surface area (Å²) in [6.45, 7) is 15.1. The molecule has 3 heterocycles. The van der Waals surface area contributed by atoms with Gasteiger partial charge in [0.15, 0.2) is 11.4 Å². The van der Waals surface area contributed by atoms with Crippen molar-refractivity contribution in [3.63, 3.8) is 0 Å². The van der Waals surface area contributed by atoms with Crippen LogP contribution in [0.25, 0.3) is 44.7 Å². The number of hydrogen-bond donors (Lipinski definition) is 1. The van der Waals surface area contributed by atoms with Gasteiger partial charge >= 0.3 is 0 Å². The van der Waals surface area contributed by atoms with E-state index in [1.165, 1.54) is 0 Å². The topological polar surface area (TPSA) is 72.0 Å². The molecule has 7 rings (SSSR count). The van der Waals surface area contributed by atoms with Crippen molar-refractivity contribution in [2.75, 3.05) is 0 Å². The van der Waals surface area contributed by atoms with Crippen LogP contribution < -0.4 is 0 Å². The van der Waals surface area contributed by atoms with Crippen molar-refractivity contribution < 1.29 is 9.52 Å². The molecule has 3 aromatic heterocycles. The summed E-state index contributed by atoms with van der Waals surface area (Å²) in [4.78, 5) is 15.2. The zero-order chi connectivity index (χ0) is 33.8. The Morgan fingerprint density at radius 1 is 0.625 bits per heavy atom. The van der Waals surface area contributed by atoms with Crippen LogP contribution in [0.15, 0.2) is 120 Å². The van der Waals surface area contributed by atoms with Crippen LogP contribution in [-0.2, 0) is 16.2 Å². The standard InChI is InChI=1S/C43H41N3O2/c1-41(2,3)30-25-32(38(47)33(26-30)42(4,5)6)40-45-36(39-37(46-40)31-20-11-12-21-34(31)48-39)27-16-15-19-29(24-27)43(7,28-17-9-8-10-18-28)35-22-13-14-23-44-35/h8-26,47H,1-7H3. The predicted octanol–water partition coefficient (Wildman–Crippen LogP) is 10.8. The molecular weight excluding hydrogens is 590 g/mol. The smallest absolute Gasteiger partial charge is 0.180 e. The number of furan rings is 1. The fourth-order valence-corrected chi connectivity index (χ4v) is 6.59. The van der Waals surface area contributed by atoms with Crippen LogP contribution in [0.4, 0.5) is 0 Å². The quantitative estimate of drug-likeness (QED) is 0.205. The lowest BCUT2D eigenvalue weighted by molar-refractivity contribution is 0.446. The third-order valence-corrected chi connectivity index (χ3v) is 9.49. The lowest BCUT2D eigenvalue weighted by Crippen LogP contribution is -2.26. The molecule has 0 aliphatic rings. The van der Waals surface area contributed by atoms with Gasteiger partial charge in [0.05, 0.1) is 16.7 Å². The van der Waals surface area contributed by atoms with Crippen molar-refractivity contribution in [2.45, 2.75) is 64.7 Å². The van der Waals surface area contributed by atoms with Crippen LogP contribution in [0.5, 0.6) is 5.75 Å². The predicted molar refractivity (Wildman–Crippen MR) is 195 cm³/mol. The number of pyridine rings is 1. The molecule has 1 atom stereocenters.